The molecule has 1 fully saturated rings. The minimum Gasteiger partial charge on any atom is -0.394 e. The Hall–Kier alpha value is -1.13. The molecule has 1 unspecified atom stereocenters. The highest BCUT2D eigenvalue weighted by atomic mass is 19.1. The van der Waals surface area contributed by atoms with Crippen molar-refractivity contribution in [1.29, 1.82) is 0 Å². The summed E-state index contributed by atoms with van der Waals surface area (Å²) in [5, 5.41) is 18.4. The van der Waals surface area contributed by atoms with Gasteiger partial charge in [0.05, 0.1) is 19.3 Å². The van der Waals surface area contributed by atoms with E-state index in [4.69, 9.17) is 0 Å². The van der Waals surface area contributed by atoms with Crippen molar-refractivity contribution < 1.29 is 14.6 Å². The van der Waals surface area contributed by atoms with Crippen LogP contribution in [0.1, 0.15) is 18.4 Å². The number of hydrogen-bond acceptors (Lipinski definition) is 3. The van der Waals surface area contributed by atoms with E-state index in [0.29, 0.717) is 11.3 Å². The lowest BCUT2D eigenvalue weighted by molar-refractivity contribution is 0.263. The fourth-order valence-corrected chi connectivity index (χ4v) is 2.32. The molecule has 0 radical (unpaired) electrons. The van der Waals surface area contributed by atoms with E-state index in [0.717, 1.165) is 19.4 Å². The molecule has 1 aromatic carbocycles. The summed E-state index contributed by atoms with van der Waals surface area (Å²) < 4.78 is 13.5. The van der Waals surface area contributed by atoms with Crippen molar-refractivity contribution in [1.82, 2.24) is 0 Å². The number of aliphatic hydroxyl groups is 2. The van der Waals surface area contributed by atoms with Crippen molar-refractivity contribution in [2.75, 3.05) is 18.1 Å². The van der Waals surface area contributed by atoms with E-state index in [9.17, 15) is 14.6 Å². The van der Waals surface area contributed by atoms with Gasteiger partial charge in [0, 0.05) is 17.8 Å². The summed E-state index contributed by atoms with van der Waals surface area (Å²) in [5.74, 6) is -0.386. The van der Waals surface area contributed by atoms with Gasteiger partial charge >= 0.3 is 0 Å². The van der Waals surface area contributed by atoms with Crippen molar-refractivity contribution in [3.05, 3.63) is 29.6 Å². The van der Waals surface area contributed by atoms with Gasteiger partial charge in [-0.1, -0.05) is 6.07 Å². The van der Waals surface area contributed by atoms with Crippen LogP contribution in [0.25, 0.3) is 0 Å². The molecular formula is C12H16FNO2. The third-order valence-corrected chi connectivity index (χ3v) is 3.15. The van der Waals surface area contributed by atoms with E-state index in [1.807, 2.05) is 4.90 Å². The summed E-state index contributed by atoms with van der Waals surface area (Å²) in [6.07, 6.45) is 1.91. The van der Waals surface area contributed by atoms with Crippen molar-refractivity contribution in [2.45, 2.75) is 25.5 Å². The quantitative estimate of drug-likeness (QED) is 0.814. The van der Waals surface area contributed by atoms with Crippen molar-refractivity contribution in [3.63, 3.8) is 0 Å². The normalized spacial score (nSPS) is 20.4. The average Bonchev–Trinajstić information content (AvgIpc) is 2.76. The first-order valence-electron chi connectivity index (χ1n) is 5.53. The van der Waals surface area contributed by atoms with E-state index in [1.54, 1.807) is 12.1 Å². The zero-order valence-corrected chi connectivity index (χ0v) is 9.06. The van der Waals surface area contributed by atoms with Crippen LogP contribution in [0.5, 0.6) is 0 Å². The first-order valence-corrected chi connectivity index (χ1v) is 5.53. The van der Waals surface area contributed by atoms with Crippen molar-refractivity contribution in [3.8, 4) is 0 Å². The lowest BCUT2D eigenvalue weighted by atomic mass is 10.1. The highest BCUT2D eigenvalue weighted by molar-refractivity contribution is 5.55. The molecule has 88 valence electrons. The molecule has 0 bridgehead atoms. The van der Waals surface area contributed by atoms with Gasteiger partial charge in [-0.15, -0.1) is 0 Å². The molecule has 16 heavy (non-hydrogen) atoms. The fraction of sp³-hybridized carbons (Fsp3) is 0.500. The van der Waals surface area contributed by atoms with Crippen LogP contribution in [0.15, 0.2) is 18.2 Å². The molecule has 3 nitrogen and oxygen atoms in total. The van der Waals surface area contributed by atoms with Crippen LogP contribution < -0.4 is 4.90 Å². The highest BCUT2D eigenvalue weighted by Crippen LogP contribution is 2.29. The zero-order valence-electron chi connectivity index (χ0n) is 9.06. The third kappa shape index (κ3) is 1.90. The van der Waals surface area contributed by atoms with Crippen molar-refractivity contribution in [2.24, 2.45) is 0 Å². The van der Waals surface area contributed by atoms with Crippen molar-refractivity contribution >= 4 is 5.69 Å². The molecular weight excluding hydrogens is 209 g/mol. The Labute approximate surface area is 94.1 Å². The lowest BCUT2D eigenvalue weighted by Gasteiger charge is -2.27. The van der Waals surface area contributed by atoms with E-state index in [2.05, 4.69) is 0 Å². The van der Waals surface area contributed by atoms with Gasteiger partial charge in [0.25, 0.3) is 0 Å². The van der Waals surface area contributed by atoms with Crippen LogP contribution in [0.4, 0.5) is 10.1 Å². The molecule has 0 aromatic heterocycles. The molecule has 4 heteroatoms. The number of benzene rings is 1. The first kappa shape index (κ1) is 11.4. The van der Waals surface area contributed by atoms with Crippen LogP contribution >= 0.6 is 0 Å². The summed E-state index contributed by atoms with van der Waals surface area (Å²) >= 11 is 0. The molecule has 2 N–H and O–H groups in total. The van der Waals surface area contributed by atoms with Gasteiger partial charge in [0.1, 0.15) is 5.82 Å². The van der Waals surface area contributed by atoms with E-state index >= 15 is 0 Å². The van der Waals surface area contributed by atoms with Gasteiger partial charge in [-0.2, -0.15) is 0 Å². The topological polar surface area (TPSA) is 43.7 Å². The molecule has 1 aliphatic rings. The molecule has 1 saturated heterocycles. The molecule has 0 amide bonds. The van der Waals surface area contributed by atoms with Crippen LogP contribution in [-0.4, -0.2) is 29.4 Å². The Kier molecular flexibility index (Phi) is 3.41. The lowest BCUT2D eigenvalue weighted by Crippen LogP contribution is -2.33. The summed E-state index contributed by atoms with van der Waals surface area (Å²) in [6, 6.07) is 4.82. The number of halogens is 1. The zero-order chi connectivity index (χ0) is 11.5. The summed E-state index contributed by atoms with van der Waals surface area (Å²) in [7, 11) is 0. The Balaban J connectivity index is 2.35. The number of aliphatic hydroxyl groups excluding tert-OH is 2. The average molecular weight is 225 g/mol. The second kappa shape index (κ2) is 4.80. The Bertz CT molecular complexity index is 370. The van der Waals surface area contributed by atoms with Crippen LogP contribution in [-0.2, 0) is 6.61 Å². The van der Waals surface area contributed by atoms with Gasteiger partial charge in [-0.05, 0) is 25.0 Å². The maximum Gasteiger partial charge on any atom is 0.130 e. The molecule has 1 aliphatic heterocycles. The monoisotopic (exact) mass is 225 g/mol. The van der Waals surface area contributed by atoms with E-state index in [1.165, 1.54) is 6.07 Å². The predicted molar refractivity (Wildman–Crippen MR) is 59.8 cm³/mol. The number of anilines is 1. The molecule has 0 spiro atoms. The maximum atomic E-state index is 13.5. The minimum atomic E-state index is -0.386. The van der Waals surface area contributed by atoms with Gasteiger partial charge in [0.2, 0.25) is 0 Å². The van der Waals surface area contributed by atoms with Crippen LogP contribution in [0.3, 0.4) is 0 Å². The third-order valence-electron chi connectivity index (χ3n) is 3.15. The predicted octanol–water partition coefficient (Wildman–Crippen LogP) is 1.28. The number of hydrogen-bond donors (Lipinski definition) is 2. The summed E-state index contributed by atoms with van der Waals surface area (Å²) in [4.78, 5) is 1.98. The summed E-state index contributed by atoms with van der Waals surface area (Å²) in [5.41, 5.74) is 1.03. The van der Waals surface area contributed by atoms with Gasteiger partial charge in [-0.25, -0.2) is 4.39 Å². The Morgan fingerprint density at radius 3 is 2.88 bits per heavy atom. The second-order valence-corrected chi connectivity index (χ2v) is 4.07. The SMILES string of the molecule is OCc1c(F)cccc1N1CCCC1CO. The molecule has 1 atom stereocenters. The van der Waals surface area contributed by atoms with Gasteiger partial charge < -0.3 is 15.1 Å². The minimum absolute atomic E-state index is 0.0482. The van der Waals surface area contributed by atoms with Gasteiger partial charge in [-0.3, -0.25) is 0 Å². The van der Waals surface area contributed by atoms with Crippen LogP contribution in [0, 0.1) is 5.82 Å². The molecule has 2 rings (SSSR count). The largest absolute Gasteiger partial charge is 0.394 e. The van der Waals surface area contributed by atoms with E-state index in [-0.39, 0.29) is 25.1 Å². The molecule has 0 aliphatic carbocycles. The van der Waals surface area contributed by atoms with Crippen LogP contribution in [0.2, 0.25) is 0 Å². The highest BCUT2D eigenvalue weighted by Gasteiger charge is 2.26. The number of nitrogens with zero attached hydrogens (tertiary/aromatic N) is 1. The maximum absolute atomic E-state index is 13.5. The first-order chi connectivity index (χ1) is 7.77. The molecule has 1 heterocycles. The number of rotatable bonds is 3. The van der Waals surface area contributed by atoms with Gasteiger partial charge in [0.15, 0.2) is 0 Å². The molecule has 1 aromatic rings. The smallest absolute Gasteiger partial charge is 0.130 e. The molecule has 0 saturated carbocycles. The fourth-order valence-electron chi connectivity index (χ4n) is 2.32. The second-order valence-electron chi connectivity index (χ2n) is 4.07. The summed E-state index contributed by atoms with van der Waals surface area (Å²) in [6.45, 7) is 0.569. The standard InChI is InChI=1S/C12H16FNO2/c13-11-4-1-5-12(10(11)8-16)14-6-2-3-9(14)7-15/h1,4-5,9,15-16H,2-3,6-8H2. The Morgan fingerprint density at radius 2 is 2.19 bits per heavy atom. The Morgan fingerprint density at radius 1 is 1.38 bits per heavy atom. The van der Waals surface area contributed by atoms with E-state index < -0.39 is 0 Å².